The van der Waals surface area contributed by atoms with Crippen molar-refractivity contribution in [1.29, 1.82) is 0 Å². The summed E-state index contributed by atoms with van der Waals surface area (Å²) >= 11 is 0. The molecular formula is C28H34N4O4. The number of urea groups is 1. The van der Waals surface area contributed by atoms with Crippen molar-refractivity contribution >= 4 is 22.8 Å². The number of carbonyl (C=O) groups is 2. The molecule has 3 amide bonds. The van der Waals surface area contributed by atoms with Gasteiger partial charge >= 0.3 is 6.03 Å². The van der Waals surface area contributed by atoms with E-state index in [1.165, 1.54) is 21.4 Å². The van der Waals surface area contributed by atoms with Gasteiger partial charge in [-0.25, -0.2) is 4.79 Å². The molecule has 36 heavy (non-hydrogen) atoms. The number of para-hydroxylation sites is 1. The first-order valence-corrected chi connectivity index (χ1v) is 12.5. The number of hydrogen-bond donors (Lipinski definition) is 0. The Labute approximate surface area is 212 Å². The third kappa shape index (κ3) is 4.24. The van der Waals surface area contributed by atoms with Crippen molar-refractivity contribution in [1.82, 2.24) is 19.3 Å². The highest BCUT2D eigenvalue weighted by atomic mass is 16.5. The molecular weight excluding hydrogens is 456 g/mol. The number of piperidine rings is 1. The van der Waals surface area contributed by atoms with Crippen LogP contribution in [0.1, 0.15) is 24.0 Å². The number of aryl methyl sites for hydroxylation is 1. The third-order valence-electron chi connectivity index (χ3n) is 7.67. The van der Waals surface area contributed by atoms with Crippen molar-refractivity contribution in [2.75, 3.05) is 40.5 Å². The van der Waals surface area contributed by atoms with Gasteiger partial charge in [0.15, 0.2) is 0 Å². The van der Waals surface area contributed by atoms with E-state index >= 15 is 0 Å². The van der Waals surface area contributed by atoms with Crippen LogP contribution in [0, 0.1) is 0 Å². The fourth-order valence-electron chi connectivity index (χ4n) is 5.72. The van der Waals surface area contributed by atoms with Gasteiger partial charge in [0.1, 0.15) is 11.3 Å². The van der Waals surface area contributed by atoms with Gasteiger partial charge in [0.25, 0.3) is 5.91 Å². The summed E-state index contributed by atoms with van der Waals surface area (Å²) in [7, 11) is 5.30. The first-order valence-electron chi connectivity index (χ1n) is 12.5. The number of imide groups is 1. The van der Waals surface area contributed by atoms with E-state index in [9.17, 15) is 9.59 Å². The third-order valence-corrected chi connectivity index (χ3v) is 7.67. The predicted octanol–water partition coefficient (Wildman–Crippen LogP) is 3.63. The first-order chi connectivity index (χ1) is 17.5. The second-order valence-corrected chi connectivity index (χ2v) is 9.76. The largest absolute Gasteiger partial charge is 0.497 e. The molecule has 3 heterocycles. The molecule has 1 spiro atoms. The molecule has 2 fully saturated rings. The van der Waals surface area contributed by atoms with Crippen LogP contribution in [0.2, 0.25) is 0 Å². The van der Waals surface area contributed by atoms with Gasteiger partial charge in [0, 0.05) is 57.4 Å². The Kier molecular flexibility index (Phi) is 6.73. The van der Waals surface area contributed by atoms with Crippen LogP contribution in [0.15, 0.2) is 54.7 Å². The maximum Gasteiger partial charge on any atom is 0.328 e. The molecule has 8 heteroatoms. The molecule has 0 unspecified atom stereocenters. The van der Waals surface area contributed by atoms with Crippen LogP contribution in [0.5, 0.6) is 5.75 Å². The zero-order valence-electron chi connectivity index (χ0n) is 21.3. The van der Waals surface area contributed by atoms with Crippen LogP contribution in [-0.4, -0.2) is 77.2 Å². The molecule has 8 nitrogen and oxygen atoms in total. The fourth-order valence-corrected chi connectivity index (χ4v) is 5.72. The smallest absolute Gasteiger partial charge is 0.328 e. The molecule has 1 aromatic heterocycles. The van der Waals surface area contributed by atoms with Crippen molar-refractivity contribution in [2.24, 2.45) is 7.05 Å². The summed E-state index contributed by atoms with van der Waals surface area (Å²) in [5.74, 6) is 0.607. The fraction of sp³-hybridized carbons (Fsp3) is 0.429. The van der Waals surface area contributed by atoms with Crippen molar-refractivity contribution in [2.45, 2.75) is 31.5 Å². The number of likely N-dealkylation sites (tertiary alicyclic amines) is 1. The summed E-state index contributed by atoms with van der Waals surface area (Å²) in [4.78, 5) is 32.9. The Morgan fingerprint density at radius 2 is 1.75 bits per heavy atom. The van der Waals surface area contributed by atoms with Gasteiger partial charge in [-0.3, -0.25) is 14.6 Å². The SMILES string of the molecule is COCCN1C(=O)N(Cc2cccc(OC)c2)C(=O)C12CCN(Cc1cn(C)c3ccccc13)CC2. The van der Waals surface area contributed by atoms with Crippen LogP contribution in [-0.2, 0) is 29.7 Å². The summed E-state index contributed by atoms with van der Waals surface area (Å²) in [6, 6.07) is 15.7. The standard InChI is InChI=1S/C28H34N4O4/c1-29-19-22(24-9-4-5-10-25(24)29)20-30-13-11-28(12-14-30)26(33)31(27(34)32(28)15-16-35-2)18-21-7-6-8-23(17-21)36-3/h4-10,17,19H,11-16,18,20H2,1-3H3. The normalized spacial score (nSPS) is 18.1. The number of hydrogen-bond acceptors (Lipinski definition) is 5. The number of rotatable bonds is 8. The summed E-state index contributed by atoms with van der Waals surface area (Å²) in [6.07, 6.45) is 3.42. The Morgan fingerprint density at radius 1 is 0.972 bits per heavy atom. The second-order valence-electron chi connectivity index (χ2n) is 9.76. The minimum Gasteiger partial charge on any atom is -0.497 e. The maximum atomic E-state index is 13.8. The summed E-state index contributed by atoms with van der Waals surface area (Å²) in [6.45, 7) is 3.36. The number of nitrogens with zero attached hydrogens (tertiary/aromatic N) is 4. The highest BCUT2D eigenvalue weighted by molar-refractivity contribution is 6.07. The van der Waals surface area contributed by atoms with Crippen molar-refractivity contribution in [3.63, 3.8) is 0 Å². The van der Waals surface area contributed by atoms with Gasteiger partial charge < -0.3 is 18.9 Å². The van der Waals surface area contributed by atoms with Crippen molar-refractivity contribution < 1.29 is 19.1 Å². The van der Waals surface area contributed by atoms with Crippen molar-refractivity contribution in [3.8, 4) is 5.75 Å². The minimum absolute atomic E-state index is 0.101. The Balaban J connectivity index is 1.34. The van der Waals surface area contributed by atoms with E-state index in [4.69, 9.17) is 9.47 Å². The number of ether oxygens (including phenoxy) is 2. The van der Waals surface area contributed by atoms with Gasteiger partial charge in [-0.2, -0.15) is 0 Å². The lowest BCUT2D eigenvalue weighted by Gasteiger charge is -2.42. The number of aromatic nitrogens is 1. The van der Waals surface area contributed by atoms with E-state index in [1.807, 2.05) is 24.3 Å². The minimum atomic E-state index is -0.816. The lowest BCUT2D eigenvalue weighted by atomic mass is 9.85. The molecule has 5 rings (SSSR count). The van der Waals surface area contributed by atoms with Crippen molar-refractivity contribution in [3.05, 3.63) is 65.9 Å². The second kappa shape index (κ2) is 9.95. The summed E-state index contributed by atoms with van der Waals surface area (Å²) in [5.41, 5.74) is 2.56. The lowest BCUT2D eigenvalue weighted by molar-refractivity contribution is -0.136. The maximum absolute atomic E-state index is 13.8. The Hall–Kier alpha value is -3.36. The molecule has 2 aromatic carbocycles. The van der Waals surface area contributed by atoms with Crippen LogP contribution in [0.3, 0.4) is 0 Å². The zero-order chi connectivity index (χ0) is 25.3. The monoisotopic (exact) mass is 490 g/mol. The molecule has 0 bridgehead atoms. The molecule has 0 atom stereocenters. The first kappa shape index (κ1) is 24.3. The topological polar surface area (TPSA) is 67.2 Å². The molecule has 2 saturated heterocycles. The number of amides is 3. The molecule has 2 aliphatic rings. The molecule has 0 aliphatic carbocycles. The predicted molar refractivity (Wildman–Crippen MR) is 138 cm³/mol. The molecule has 0 saturated carbocycles. The molecule has 0 N–H and O–H groups in total. The van der Waals surface area contributed by atoms with E-state index in [2.05, 4.69) is 47.0 Å². The van der Waals surface area contributed by atoms with Gasteiger partial charge in [-0.05, 0) is 42.2 Å². The summed E-state index contributed by atoms with van der Waals surface area (Å²) < 4.78 is 12.8. The molecule has 3 aromatic rings. The molecule has 190 valence electrons. The van der Waals surface area contributed by atoms with E-state index < -0.39 is 5.54 Å². The number of methoxy groups -OCH3 is 2. The number of fused-ring (bicyclic) bond motifs is 1. The van der Waals surface area contributed by atoms with Gasteiger partial charge in [0.05, 0.1) is 20.3 Å². The Bertz CT molecular complexity index is 1260. The van der Waals surface area contributed by atoms with E-state index in [0.29, 0.717) is 31.7 Å². The van der Waals surface area contributed by atoms with E-state index in [1.54, 1.807) is 19.1 Å². The molecule has 2 aliphatic heterocycles. The lowest BCUT2D eigenvalue weighted by Crippen LogP contribution is -2.57. The summed E-state index contributed by atoms with van der Waals surface area (Å²) in [5, 5.41) is 1.26. The highest BCUT2D eigenvalue weighted by Gasteiger charge is 2.57. The van der Waals surface area contributed by atoms with E-state index in [0.717, 1.165) is 25.2 Å². The molecule has 0 radical (unpaired) electrons. The van der Waals surface area contributed by atoms with E-state index in [-0.39, 0.29) is 18.5 Å². The van der Waals surface area contributed by atoms with Gasteiger partial charge in [-0.15, -0.1) is 0 Å². The van der Waals surface area contributed by atoms with Crippen LogP contribution >= 0.6 is 0 Å². The average Bonchev–Trinajstić information content (AvgIpc) is 3.31. The van der Waals surface area contributed by atoms with Crippen LogP contribution in [0.4, 0.5) is 4.79 Å². The average molecular weight is 491 g/mol. The number of benzene rings is 2. The quantitative estimate of drug-likeness (QED) is 0.451. The number of carbonyl (C=O) groups excluding carboxylic acids is 2. The van der Waals surface area contributed by atoms with Crippen LogP contribution in [0.25, 0.3) is 10.9 Å². The van der Waals surface area contributed by atoms with Gasteiger partial charge in [0.2, 0.25) is 0 Å². The Morgan fingerprint density at radius 3 is 2.50 bits per heavy atom. The highest BCUT2D eigenvalue weighted by Crippen LogP contribution is 2.38. The zero-order valence-corrected chi connectivity index (χ0v) is 21.3. The van der Waals surface area contributed by atoms with Gasteiger partial charge in [-0.1, -0.05) is 30.3 Å². The van der Waals surface area contributed by atoms with Crippen LogP contribution < -0.4 is 4.74 Å².